The highest BCUT2D eigenvalue weighted by atomic mass is 16.5. The molecule has 1 amide bonds. The van der Waals surface area contributed by atoms with Gasteiger partial charge in [-0.3, -0.25) is 4.79 Å². The molecule has 4 heterocycles. The summed E-state index contributed by atoms with van der Waals surface area (Å²) in [4.78, 5) is 25.0. The second-order valence-electron chi connectivity index (χ2n) is 7.25. The van der Waals surface area contributed by atoms with Gasteiger partial charge in [0.15, 0.2) is 0 Å². The van der Waals surface area contributed by atoms with E-state index < -0.39 is 0 Å². The second kappa shape index (κ2) is 7.09. The first-order chi connectivity index (χ1) is 14.2. The summed E-state index contributed by atoms with van der Waals surface area (Å²) in [5.41, 5.74) is 4.41. The van der Waals surface area contributed by atoms with Crippen molar-refractivity contribution in [2.75, 3.05) is 13.7 Å². The molecule has 29 heavy (non-hydrogen) atoms. The number of fused-ring (bicyclic) bond motifs is 2. The Balaban J connectivity index is 1.44. The molecule has 2 N–H and O–H groups in total. The van der Waals surface area contributed by atoms with Crippen molar-refractivity contribution in [1.82, 2.24) is 24.7 Å². The molecule has 1 aliphatic heterocycles. The summed E-state index contributed by atoms with van der Waals surface area (Å²) < 4.78 is 7.38. The quantitative estimate of drug-likeness (QED) is 0.564. The van der Waals surface area contributed by atoms with E-state index in [4.69, 9.17) is 4.74 Å². The highest BCUT2D eigenvalue weighted by Gasteiger charge is 2.26. The number of carbonyl (C=O) groups is 1. The predicted octanol–water partition coefficient (Wildman–Crippen LogP) is 2.73. The van der Waals surface area contributed by atoms with Crippen molar-refractivity contribution in [3.63, 3.8) is 0 Å². The Labute approximate surface area is 167 Å². The molecule has 1 aliphatic rings. The third-order valence-electron chi connectivity index (χ3n) is 5.41. The molecule has 0 unspecified atom stereocenters. The number of methoxy groups -OCH3 is 1. The molecule has 1 atom stereocenters. The van der Waals surface area contributed by atoms with Crippen molar-refractivity contribution in [2.24, 2.45) is 0 Å². The second-order valence-corrected chi connectivity index (χ2v) is 7.25. The Kier molecular flexibility index (Phi) is 4.27. The number of aromatic nitrogens is 4. The van der Waals surface area contributed by atoms with Crippen LogP contribution in [0.2, 0.25) is 0 Å². The largest absolute Gasteiger partial charge is 0.497 e. The van der Waals surface area contributed by atoms with E-state index in [1.54, 1.807) is 7.11 Å². The third-order valence-corrected chi connectivity index (χ3v) is 5.41. The fraction of sp³-hybridized carbons (Fsp3) is 0.227. The van der Waals surface area contributed by atoms with Crippen molar-refractivity contribution in [3.8, 4) is 5.75 Å². The number of ether oxygens (including phenoxy) is 1. The molecule has 0 bridgehead atoms. The van der Waals surface area contributed by atoms with E-state index in [0.29, 0.717) is 25.1 Å². The lowest BCUT2D eigenvalue weighted by molar-refractivity contribution is 0.0950. The summed E-state index contributed by atoms with van der Waals surface area (Å²) in [5.74, 6) is 1.60. The molecule has 0 saturated heterocycles. The van der Waals surface area contributed by atoms with Gasteiger partial charge in [0.2, 0.25) is 0 Å². The topological polar surface area (TPSA) is 84.3 Å². The van der Waals surface area contributed by atoms with Crippen LogP contribution in [-0.2, 0) is 12.8 Å². The Morgan fingerprint density at radius 1 is 1.24 bits per heavy atom. The molecule has 1 aromatic carbocycles. The predicted molar refractivity (Wildman–Crippen MR) is 108 cm³/mol. The van der Waals surface area contributed by atoms with Crippen molar-refractivity contribution >= 4 is 11.6 Å². The molecule has 3 aromatic heterocycles. The minimum atomic E-state index is -0.133. The molecule has 5 rings (SSSR count). The maximum atomic E-state index is 12.6. The van der Waals surface area contributed by atoms with E-state index in [0.717, 1.165) is 34.2 Å². The normalized spacial score (nSPS) is 16.3. The van der Waals surface area contributed by atoms with Crippen molar-refractivity contribution in [3.05, 3.63) is 83.3 Å². The van der Waals surface area contributed by atoms with E-state index >= 15 is 0 Å². The summed E-state index contributed by atoms with van der Waals surface area (Å²) in [5, 5.41) is 3.01. The minimum Gasteiger partial charge on any atom is -0.497 e. The van der Waals surface area contributed by atoms with Gasteiger partial charge in [0.25, 0.3) is 5.91 Å². The van der Waals surface area contributed by atoms with E-state index in [-0.39, 0.29) is 11.8 Å². The smallest absolute Gasteiger partial charge is 0.271 e. The number of carbonyl (C=O) groups excluding carboxylic acids is 1. The lowest BCUT2D eigenvalue weighted by atomic mass is 9.94. The van der Waals surface area contributed by atoms with Crippen LogP contribution in [0, 0.1) is 0 Å². The number of nitrogens with one attached hydrogen (secondary N) is 2. The van der Waals surface area contributed by atoms with Gasteiger partial charge >= 0.3 is 0 Å². The summed E-state index contributed by atoms with van der Waals surface area (Å²) in [6, 6.07) is 13.9. The van der Waals surface area contributed by atoms with Crippen LogP contribution in [0.15, 0.2) is 54.9 Å². The Morgan fingerprint density at radius 2 is 2.17 bits per heavy atom. The number of aromatic amines is 1. The van der Waals surface area contributed by atoms with Gasteiger partial charge in [0, 0.05) is 42.7 Å². The van der Waals surface area contributed by atoms with Gasteiger partial charge in [0.1, 0.15) is 22.9 Å². The molecule has 7 heteroatoms. The number of imidazole rings is 2. The van der Waals surface area contributed by atoms with Crippen LogP contribution in [0.25, 0.3) is 5.65 Å². The Morgan fingerprint density at radius 3 is 3.07 bits per heavy atom. The average molecular weight is 387 g/mol. The third kappa shape index (κ3) is 3.24. The number of H-pyrrole nitrogens is 1. The van der Waals surface area contributed by atoms with E-state index in [1.807, 2.05) is 53.2 Å². The van der Waals surface area contributed by atoms with Gasteiger partial charge in [-0.2, -0.15) is 0 Å². The summed E-state index contributed by atoms with van der Waals surface area (Å²) in [6.07, 6.45) is 5.12. The van der Waals surface area contributed by atoms with Gasteiger partial charge in [-0.15, -0.1) is 0 Å². The van der Waals surface area contributed by atoms with Gasteiger partial charge in [0.05, 0.1) is 7.11 Å². The van der Waals surface area contributed by atoms with E-state index in [1.165, 1.54) is 0 Å². The Bertz CT molecular complexity index is 1190. The van der Waals surface area contributed by atoms with Gasteiger partial charge < -0.3 is 19.4 Å². The number of hydrogen-bond acceptors (Lipinski definition) is 4. The van der Waals surface area contributed by atoms with E-state index in [9.17, 15) is 4.79 Å². The van der Waals surface area contributed by atoms with Crippen LogP contribution in [0.3, 0.4) is 0 Å². The van der Waals surface area contributed by atoms with E-state index in [2.05, 4.69) is 26.3 Å². The van der Waals surface area contributed by atoms with Crippen LogP contribution in [-0.4, -0.2) is 38.9 Å². The first-order valence-corrected chi connectivity index (χ1v) is 9.62. The van der Waals surface area contributed by atoms with Crippen molar-refractivity contribution in [2.45, 2.75) is 18.8 Å². The van der Waals surface area contributed by atoms with Gasteiger partial charge in [-0.1, -0.05) is 18.2 Å². The number of pyridine rings is 1. The zero-order chi connectivity index (χ0) is 19.8. The molecule has 7 nitrogen and oxygen atoms in total. The monoisotopic (exact) mass is 387 g/mol. The molecule has 0 saturated carbocycles. The molecular formula is C22H21N5O2. The number of nitrogens with zero attached hydrogens (tertiary/aromatic N) is 3. The zero-order valence-corrected chi connectivity index (χ0v) is 16.1. The standard InChI is InChI=1S/C22H21N5O2/c1-29-17-6-4-5-14(9-17)15-10-18-21(22(28)24-12-15)26-19(25-18)11-16-13-23-20-7-2-3-8-27(16)20/h2-9,13,15H,10-12H2,1H3,(H,24,28)(H,25,26)/t15-/m0/s1. The maximum Gasteiger partial charge on any atom is 0.271 e. The van der Waals surface area contributed by atoms with Gasteiger partial charge in [-0.05, 0) is 36.2 Å². The fourth-order valence-corrected chi connectivity index (χ4v) is 3.92. The first kappa shape index (κ1) is 17.5. The van der Waals surface area contributed by atoms with Crippen molar-refractivity contribution in [1.29, 1.82) is 0 Å². The molecule has 0 fully saturated rings. The summed E-state index contributed by atoms with van der Waals surface area (Å²) >= 11 is 0. The maximum absolute atomic E-state index is 12.6. The molecular weight excluding hydrogens is 366 g/mol. The molecule has 146 valence electrons. The zero-order valence-electron chi connectivity index (χ0n) is 16.1. The number of rotatable bonds is 4. The van der Waals surface area contributed by atoms with Crippen molar-refractivity contribution < 1.29 is 9.53 Å². The van der Waals surface area contributed by atoms with Crippen LogP contribution >= 0.6 is 0 Å². The highest BCUT2D eigenvalue weighted by molar-refractivity contribution is 5.94. The molecule has 0 spiro atoms. The van der Waals surface area contributed by atoms with Crippen LogP contribution < -0.4 is 10.1 Å². The SMILES string of the molecule is COc1cccc([C@@H]2CNC(=O)c3nc(Cc4cnc5ccccn45)[nH]c3C2)c1. The molecule has 0 radical (unpaired) electrons. The fourth-order valence-electron chi connectivity index (χ4n) is 3.92. The average Bonchev–Trinajstić information content (AvgIpc) is 3.31. The summed E-state index contributed by atoms with van der Waals surface area (Å²) in [6.45, 7) is 0.568. The molecule has 4 aromatic rings. The first-order valence-electron chi connectivity index (χ1n) is 9.62. The van der Waals surface area contributed by atoms with Crippen LogP contribution in [0.1, 0.15) is 39.2 Å². The highest BCUT2D eigenvalue weighted by Crippen LogP contribution is 2.27. The van der Waals surface area contributed by atoms with Crippen LogP contribution in [0.4, 0.5) is 0 Å². The lowest BCUT2D eigenvalue weighted by Crippen LogP contribution is -2.26. The number of hydrogen-bond donors (Lipinski definition) is 2. The van der Waals surface area contributed by atoms with Gasteiger partial charge in [-0.25, -0.2) is 9.97 Å². The number of amides is 1. The van der Waals surface area contributed by atoms with Crippen LogP contribution in [0.5, 0.6) is 5.75 Å². The Hall–Kier alpha value is -3.61. The number of benzene rings is 1. The lowest BCUT2D eigenvalue weighted by Gasteiger charge is -2.15. The summed E-state index contributed by atoms with van der Waals surface area (Å²) in [7, 11) is 1.66. The minimum absolute atomic E-state index is 0.133. The molecule has 0 aliphatic carbocycles.